The van der Waals surface area contributed by atoms with Gasteiger partial charge in [0, 0.05) is 17.0 Å². The first-order chi connectivity index (χ1) is 13.7. The molecule has 0 saturated carbocycles. The Bertz CT molecular complexity index is 1130. The van der Waals surface area contributed by atoms with Crippen molar-refractivity contribution in [1.29, 1.82) is 0 Å². The van der Waals surface area contributed by atoms with Crippen molar-refractivity contribution in [2.75, 3.05) is 17.6 Å². The van der Waals surface area contributed by atoms with Crippen LogP contribution in [-0.2, 0) is 16.0 Å². The minimum Gasteiger partial charge on any atom is -0.366 e. The highest BCUT2D eigenvalue weighted by Gasteiger charge is 2.18. The summed E-state index contributed by atoms with van der Waals surface area (Å²) in [5.74, 6) is -5.57. The molecule has 0 aliphatic heterocycles. The Kier molecular flexibility index (Phi) is 5.35. The zero-order valence-corrected chi connectivity index (χ0v) is 15.4. The van der Waals surface area contributed by atoms with Gasteiger partial charge >= 0.3 is 0 Å². The minimum atomic E-state index is -1.70. The lowest BCUT2D eigenvalue weighted by Gasteiger charge is -2.11. The quantitative estimate of drug-likeness (QED) is 0.543. The van der Waals surface area contributed by atoms with Crippen LogP contribution in [0.4, 0.5) is 24.8 Å². The van der Waals surface area contributed by atoms with Gasteiger partial charge in [-0.1, -0.05) is 0 Å². The van der Waals surface area contributed by atoms with Crippen molar-refractivity contribution in [3.8, 4) is 0 Å². The van der Waals surface area contributed by atoms with Crippen molar-refractivity contribution in [3.63, 3.8) is 0 Å². The van der Waals surface area contributed by atoms with E-state index in [-0.39, 0.29) is 12.4 Å². The Morgan fingerprint density at radius 2 is 1.83 bits per heavy atom. The van der Waals surface area contributed by atoms with Gasteiger partial charge < -0.3 is 16.4 Å². The molecule has 12 heteroatoms. The van der Waals surface area contributed by atoms with E-state index in [1.54, 1.807) is 13.8 Å². The van der Waals surface area contributed by atoms with Gasteiger partial charge in [-0.05, 0) is 26.0 Å². The molecule has 3 aromatic rings. The fourth-order valence-electron chi connectivity index (χ4n) is 2.70. The highest BCUT2D eigenvalue weighted by Crippen LogP contribution is 2.19. The van der Waals surface area contributed by atoms with Crippen LogP contribution in [0.2, 0.25) is 0 Å². The molecule has 0 spiro atoms. The SMILES string of the molecule is Cc1nc2nc(N)nn2c(C)c1CC(=O)NCC(=O)Nc1ccc(F)c(F)c1F. The van der Waals surface area contributed by atoms with Crippen molar-refractivity contribution >= 4 is 29.2 Å². The van der Waals surface area contributed by atoms with Crippen molar-refractivity contribution in [3.05, 3.63) is 46.5 Å². The monoisotopic (exact) mass is 407 g/mol. The minimum absolute atomic E-state index is 0.0442. The van der Waals surface area contributed by atoms with Gasteiger partial charge in [-0.15, -0.1) is 5.10 Å². The van der Waals surface area contributed by atoms with Gasteiger partial charge in [-0.3, -0.25) is 9.59 Å². The van der Waals surface area contributed by atoms with Crippen molar-refractivity contribution in [1.82, 2.24) is 24.9 Å². The van der Waals surface area contributed by atoms with Crippen molar-refractivity contribution < 1.29 is 22.8 Å². The number of nitrogen functional groups attached to an aromatic ring is 1. The number of benzene rings is 1. The maximum absolute atomic E-state index is 13.6. The average Bonchev–Trinajstić information content (AvgIpc) is 3.04. The van der Waals surface area contributed by atoms with E-state index < -0.39 is 41.5 Å². The van der Waals surface area contributed by atoms with Crippen LogP contribution >= 0.6 is 0 Å². The maximum atomic E-state index is 13.6. The van der Waals surface area contributed by atoms with E-state index in [9.17, 15) is 22.8 Å². The Morgan fingerprint density at radius 3 is 2.55 bits per heavy atom. The molecule has 3 rings (SSSR count). The first-order valence-electron chi connectivity index (χ1n) is 8.35. The van der Waals surface area contributed by atoms with Crippen LogP contribution in [0.25, 0.3) is 5.78 Å². The number of hydrogen-bond acceptors (Lipinski definition) is 6. The normalized spacial score (nSPS) is 10.9. The number of nitrogens with two attached hydrogens (primary N) is 1. The standard InChI is InChI=1S/C17H16F3N7O2/c1-7-9(8(2)27-17(23-7)25-16(21)26-27)5-12(28)22-6-13(29)24-11-4-3-10(18)14(19)15(11)20/h3-4H,5-6H2,1-2H3,(H2,21,26)(H,22,28)(H,24,29). The zero-order valence-electron chi connectivity index (χ0n) is 15.4. The molecule has 0 bridgehead atoms. The molecule has 2 aromatic heterocycles. The molecule has 9 nitrogen and oxygen atoms in total. The maximum Gasteiger partial charge on any atom is 0.254 e. The van der Waals surface area contributed by atoms with Crippen LogP contribution < -0.4 is 16.4 Å². The Labute approximate surface area is 162 Å². The number of fused-ring (bicyclic) bond motifs is 1. The molecule has 2 amide bonds. The van der Waals surface area contributed by atoms with Crippen molar-refractivity contribution in [2.45, 2.75) is 20.3 Å². The van der Waals surface area contributed by atoms with Gasteiger partial charge in [0.2, 0.25) is 17.8 Å². The van der Waals surface area contributed by atoms with E-state index in [4.69, 9.17) is 5.73 Å². The van der Waals surface area contributed by atoms with Crippen LogP contribution in [-0.4, -0.2) is 37.9 Å². The highest BCUT2D eigenvalue weighted by molar-refractivity contribution is 5.94. The van der Waals surface area contributed by atoms with E-state index >= 15 is 0 Å². The topological polar surface area (TPSA) is 127 Å². The number of nitrogens with one attached hydrogen (secondary N) is 2. The fourth-order valence-corrected chi connectivity index (χ4v) is 2.70. The highest BCUT2D eigenvalue weighted by atomic mass is 19.2. The summed E-state index contributed by atoms with van der Waals surface area (Å²) in [6.45, 7) is 2.91. The molecular formula is C17H16F3N7O2. The smallest absolute Gasteiger partial charge is 0.254 e. The second-order valence-electron chi connectivity index (χ2n) is 6.17. The predicted molar refractivity (Wildman–Crippen MR) is 96.3 cm³/mol. The number of rotatable bonds is 5. The van der Waals surface area contributed by atoms with Gasteiger partial charge in [0.05, 0.1) is 18.7 Å². The molecule has 4 N–H and O–H groups in total. The van der Waals surface area contributed by atoms with E-state index in [0.29, 0.717) is 28.8 Å². The molecule has 0 aliphatic rings. The summed E-state index contributed by atoms with van der Waals surface area (Å²) < 4.78 is 41.1. The second kappa shape index (κ2) is 7.73. The molecule has 0 saturated heterocycles. The summed E-state index contributed by atoms with van der Waals surface area (Å²) in [7, 11) is 0. The first-order valence-corrected chi connectivity index (χ1v) is 8.35. The molecule has 0 aliphatic carbocycles. The number of amides is 2. The van der Waals surface area contributed by atoms with E-state index in [1.165, 1.54) is 4.52 Å². The van der Waals surface area contributed by atoms with Crippen LogP contribution in [0.5, 0.6) is 0 Å². The van der Waals surface area contributed by atoms with E-state index in [1.807, 2.05) is 0 Å². The Balaban J connectivity index is 1.64. The van der Waals surface area contributed by atoms with Gasteiger partial charge in [0.1, 0.15) is 0 Å². The van der Waals surface area contributed by atoms with Gasteiger partial charge in [-0.2, -0.15) is 9.50 Å². The number of aryl methyl sites for hydroxylation is 2. The Morgan fingerprint density at radius 1 is 1.10 bits per heavy atom. The lowest BCUT2D eigenvalue weighted by molar-refractivity contribution is -0.123. The Hall–Kier alpha value is -3.70. The van der Waals surface area contributed by atoms with Gasteiger partial charge in [-0.25, -0.2) is 18.2 Å². The molecule has 2 heterocycles. The third-order valence-corrected chi connectivity index (χ3v) is 4.16. The number of halogens is 3. The molecule has 0 fully saturated rings. The molecule has 152 valence electrons. The van der Waals surface area contributed by atoms with Crippen LogP contribution in [0.1, 0.15) is 17.0 Å². The molecule has 0 radical (unpaired) electrons. The summed E-state index contributed by atoms with van der Waals surface area (Å²) in [6, 6.07) is 1.56. The summed E-state index contributed by atoms with van der Waals surface area (Å²) in [5, 5.41) is 8.43. The molecular weight excluding hydrogens is 391 g/mol. The van der Waals surface area contributed by atoms with Gasteiger partial charge in [0.25, 0.3) is 5.78 Å². The summed E-state index contributed by atoms with van der Waals surface area (Å²) in [5.41, 5.74) is 6.76. The molecule has 29 heavy (non-hydrogen) atoms. The number of nitrogens with zero attached hydrogens (tertiary/aromatic N) is 4. The zero-order chi connectivity index (χ0) is 21.3. The number of aromatic nitrogens is 4. The fraction of sp³-hybridized carbons (Fsp3) is 0.235. The number of anilines is 2. The van der Waals surface area contributed by atoms with Crippen molar-refractivity contribution in [2.24, 2.45) is 0 Å². The molecule has 1 aromatic carbocycles. The van der Waals surface area contributed by atoms with Gasteiger partial charge in [0.15, 0.2) is 17.5 Å². The number of carbonyl (C=O) groups excluding carboxylic acids is 2. The van der Waals surface area contributed by atoms with Crippen LogP contribution in [0, 0.1) is 31.3 Å². The second-order valence-corrected chi connectivity index (χ2v) is 6.17. The summed E-state index contributed by atoms with van der Waals surface area (Å²) >= 11 is 0. The average molecular weight is 407 g/mol. The summed E-state index contributed by atoms with van der Waals surface area (Å²) in [6.07, 6.45) is -0.104. The van der Waals surface area contributed by atoms with E-state index in [0.717, 1.165) is 6.07 Å². The lowest BCUT2D eigenvalue weighted by atomic mass is 10.1. The third kappa shape index (κ3) is 4.10. The third-order valence-electron chi connectivity index (χ3n) is 4.16. The molecule has 0 unspecified atom stereocenters. The first kappa shape index (κ1) is 20.0. The van der Waals surface area contributed by atoms with E-state index in [2.05, 4.69) is 25.7 Å². The van der Waals surface area contributed by atoms with Crippen LogP contribution in [0.3, 0.4) is 0 Å². The summed E-state index contributed by atoms with van der Waals surface area (Å²) in [4.78, 5) is 32.3. The van der Waals surface area contributed by atoms with Crippen LogP contribution in [0.15, 0.2) is 12.1 Å². The largest absolute Gasteiger partial charge is 0.366 e. The number of hydrogen-bond donors (Lipinski definition) is 3. The predicted octanol–water partition coefficient (Wildman–Crippen LogP) is 1.04. The number of carbonyl (C=O) groups is 2. The lowest BCUT2D eigenvalue weighted by Crippen LogP contribution is -2.34. The molecule has 0 atom stereocenters.